The molecular formula is C55H36N2. The maximum absolute atomic E-state index is 4.32. The molecule has 2 nitrogen and oxygen atoms in total. The Hall–Kier alpha value is -7.55. The third-order valence-electron chi connectivity index (χ3n) is 11.5. The summed E-state index contributed by atoms with van der Waals surface area (Å²) in [5, 5.41) is 5.12. The largest absolute Gasteiger partial charge is 0.310 e. The van der Waals surface area contributed by atoms with E-state index >= 15 is 0 Å². The Labute approximate surface area is 332 Å². The lowest BCUT2D eigenvalue weighted by Gasteiger charge is -2.25. The molecule has 0 N–H and O–H groups in total. The third kappa shape index (κ3) is 5.45. The Morgan fingerprint density at radius 1 is 0.263 bits per heavy atom. The molecule has 10 aromatic rings. The van der Waals surface area contributed by atoms with E-state index in [0.29, 0.717) is 0 Å². The van der Waals surface area contributed by atoms with Crippen LogP contribution in [-0.2, 0) is 0 Å². The van der Waals surface area contributed by atoms with Gasteiger partial charge in [-0.05, 0) is 125 Å². The van der Waals surface area contributed by atoms with Gasteiger partial charge in [0.25, 0.3) is 0 Å². The minimum atomic E-state index is 1.06. The van der Waals surface area contributed by atoms with Crippen molar-refractivity contribution in [2.45, 2.75) is 0 Å². The SMILES string of the molecule is c1ccc(-c2ccc(N(c3ccncc3)c3ccc(-c4ccc5c6c(cccc46)-c4c-5c(-c5ccccc5)c5ccccc5c4-c4ccccc4)cc3)cc2)cc1. The van der Waals surface area contributed by atoms with Crippen molar-refractivity contribution in [2.75, 3.05) is 4.90 Å². The highest BCUT2D eigenvalue weighted by Crippen LogP contribution is 2.58. The van der Waals surface area contributed by atoms with E-state index in [0.717, 1.165) is 17.1 Å². The van der Waals surface area contributed by atoms with Crippen LogP contribution in [0.1, 0.15) is 0 Å². The van der Waals surface area contributed by atoms with Crippen LogP contribution in [0.4, 0.5) is 17.1 Å². The summed E-state index contributed by atoms with van der Waals surface area (Å²) in [4.78, 5) is 6.62. The molecular weight excluding hydrogens is 689 g/mol. The van der Waals surface area contributed by atoms with Crippen LogP contribution in [0, 0.1) is 0 Å². The Morgan fingerprint density at radius 3 is 1.25 bits per heavy atom. The van der Waals surface area contributed by atoms with Crippen LogP contribution in [0.5, 0.6) is 0 Å². The molecule has 0 bridgehead atoms. The molecule has 2 heteroatoms. The predicted molar refractivity (Wildman–Crippen MR) is 240 cm³/mol. The van der Waals surface area contributed by atoms with Crippen molar-refractivity contribution in [2.24, 2.45) is 0 Å². The van der Waals surface area contributed by atoms with E-state index in [-0.39, 0.29) is 0 Å². The Kier molecular flexibility index (Phi) is 7.86. The van der Waals surface area contributed by atoms with Crippen molar-refractivity contribution < 1.29 is 0 Å². The van der Waals surface area contributed by atoms with Crippen LogP contribution in [0.25, 0.3) is 88.3 Å². The Balaban J connectivity index is 1.07. The van der Waals surface area contributed by atoms with E-state index in [2.05, 4.69) is 216 Å². The van der Waals surface area contributed by atoms with Crippen LogP contribution in [0.15, 0.2) is 219 Å². The molecule has 0 aliphatic heterocycles. The average molecular weight is 725 g/mol. The van der Waals surface area contributed by atoms with Crippen molar-refractivity contribution in [1.29, 1.82) is 0 Å². The average Bonchev–Trinajstić information content (AvgIpc) is 3.62. The zero-order chi connectivity index (χ0) is 37.7. The van der Waals surface area contributed by atoms with Gasteiger partial charge in [-0.2, -0.15) is 0 Å². The molecule has 0 spiro atoms. The summed E-state index contributed by atoms with van der Waals surface area (Å²) >= 11 is 0. The van der Waals surface area contributed by atoms with Gasteiger partial charge < -0.3 is 4.90 Å². The molecule has 266 valence electrons. The number of anilines is 3. The molecule has 0 saturated carbocycles. The second-order valence-electron chi connectivity index (χ2n) is 14.7. The van der Waals surface area contributed by atoms with Gasteiger partial charge in [0.15, 0.2) is 0 Å². The first-order chi connectivity index (χ1) is 28.3. The second kappa shape index (κ2) is 13.6. The Morgan fingerprint density at radius 2 is 0.684 bits per heavy atom. The molecule has 1 aromatic heterocycles. The monoisotopic (exact) mass is 724 g/mol. The molecule has 57 heavy (non-hydrogen) atoms. The summed E-state index contributed by atoms with van der Waals surface area (Å²) in [6.07, 6.45) is 3.71. The summed E-state index contributed by atoms with van der Waals surface area (Å²) in [5.74, 6) is 0. The van der Waals surface area contributed by atoms with Gasteiger partial charge in [0.1, 0.15) is 0 Å². The van der Waals surface area contributed by atoms with E-state index in [1.807, 2.05) is 12.4 Å². The molecule has 0 fully saturated rings. The number of rotatable bonds is 7. The molecule has 0 unspecified atom stereocenters. The van der Waals surface area contributed by atoms with E-state index in [4.69, 9.17) is 0 Å². The van der Waals surface area contributed by atoms with Gasteiger partial charge in [-0.1, -0.05) is 170 Å². The van der Waals surface area contributed by atoms with Gasteiger partial charge in [-0.25, -0.2) is 0 Å². The number of hydrogen-bond acceptors (Lipinski definition) is 2. The van der Waals surface area contributed by atoms with Crippen LogP contribution in [0.2, 0.25) is 0 Å². The number of nitrogens with zero attached hydrogens (tertiary/aromatic N) is 2. The summed E-state index contributed by atoms with van der Waals surface area (Å²) in [5.41, 5.74) is 18.3. The van der Waals surface area contributed by atoms with E-state index < -0.39 is 0 Å². The van der Waals surface area contributed by atoms with Gasteiger partial charge in [0.05, 0.1) is 0 Å². The molecule has 11 rings (SSSR count). The van der Waals surface area contributed by atoms with Gasteiger partial charge >= 0.3 is 0 Å². The van der Waals surface area contributed by atoms with Crippen LogP contribution >= 0.6 is 0 Å². The minimum Gasteiger partial charge on any atom is -0.310 e. The van der Waals surface area contributed by atoms with Gasteiger partial charge in [-0.3, -0.25) is 4.98 Å². The van der Waals surface area contributed by atoms with Crippen LogP contribution in [-0.4, -0.2) is 4.98 Å². The van der Waals surface area contributed by atoms with Crippen molar-refractivity contribution in [3.8, 4) is 66.8 Å². The van der Waals surface area contributed by atoms with Gasteiger partial charge in [0, 0.05) is 29.5 Å². The maximum atomic E-state index is 4.32. The van der Waals surface area contributed by atoms with Crippen molar-refractivity contribution in [1.82, 2.24) is 4.98 Å². The van der Waals surface area contributed by atoms with Crippen molar-refractivity contribution in [3.63, 3.8) is 0 Å². The molecule has 0 saturated heterocycles. The first-order valence-electron chi connectivity index (χ1n) is 19.5. The summed E-state index contributed by atoms with van der Waals surface area (Å²) in [6, 6.07) is 74.9. The lowest BCUT2D eigenvalue weighted by atomic mass is 9.82. The number of pyridine rings is 1. The highest BCUT2D eigenvalue weighted by atomic mass is 15.1. The number of benzene rings is 9. The maximum Gasteiger partial charge on any atom is 0.0492 e. The highest BCUT2D eigenvalue weighted by Gasteiger charge is 2.31. The van der Waals surface area contributed by atoms with Gasteiger partial charge in [0.2, 0.25) is 0 Å². The lowest BCUT2D eigenvalue weighted by Crippen LogP contribution is -2.09. The zero-order valence-corrected chi connectivity index (χ0v) is 31.2. The molecule has 0 atom stereocenters. The summed E-state index contributed by atoms with van der Waals surface area (Å²) in [6.45, 7) is 0. The van der Waals surface area contributed by atoms with E-state index in [1.165, 1.54) is 88.3 Å². The predicted octanol–water partition coefficient (Wildman–Crippen LogP) is 15.2. The number of aromatic nitrogens is 1. The molecule has 0 radical (unpaired) electrons. The lowest BCUT2D eigenvalue weighted by molar-refractivity contribution is 1.24. The van der Waals surface area contributed by atoms with Crippen molar-refractivity contribution in [3.05, 3.63) is 219 Å². The number of fused-ring (bicyclic) bond motifs is 4. The minimum absolute atomic E-state index is 1.06. The zero-order valence-electron chi connectivity index (χ0n) is 31.2. The van der Waals surface area contributed by atoms with Crippen LogP contribution < -0.4 is 4.90 Å². The normalized spacial score (nSPS) is 11.5. The van der Waals surface area contributed by atoms with Crippen LogP contribution in [0.3, 0.4) is 0 Å². The molecule has 9 aromatic carbocycles. The second-order valence-corrected chi connectivity index (χ2v) is 14.7. The first-order valence-corrected chi connectivity index (χ1v) is 19.5. The fraction of sp³-hybridized carbons (Fsp3) is 0. The smallest absolute Gasteiger partial charge is 0.0492 e. The van der Waals surface area contributed by atoms with E-state index in [9.17, 15) is 0 Å². The topological polar surface area (TPSA) is 16.1 Å². The van der Waals surface area contributed by atoms with Crippen molar-refractivity contribution >= 4 is 38.6 Å². The first kappa shape index (κ1) is 32.8. The fourth-order valence-electron chi connectivity index (χ4n) is 9.03. The summed E-state index contributed by atoms with van der Waals surface area (Å²) in [7, 11) is 0. The van der Waals surface area contributed by atoms with E-state index in [1.54, 1.807) is 0 Å². The molecule has 1 heterocycles. The highest BCUT2D eigenvalue weighted by molar-refractivity contribution is 6.28. The standard InChI is InChI=1S/C55H36N2/c1-4-13-37(14-5-1)38-23-27-42(28-24-38)57(44-33-35-56-36-34-44)43-29-25-39(26-30-43)45-31-32-50-53-46(45)21-12-22-49(53)54-51(40-15-6-2-7-16-40)47-19-10-11-20-48(47)52(55(50)54)41-17-8-3-9-18-41/h1-36H. The molecule has 1 aliphatic rings. The fourth-order valence-corrected chi connectivity index (χ4v) is 9.03. The number of hydrogen-bond donors (Lipinski definition) is 0. The quantitative estimate of drug-likeness (QED) is 0.163. The third-order valence-corrected chi connectivity index (χ3v) is 11.5. The Bertz CT molecular complexity index is 2970. The molecule has 0 amide bonds. The van der Waals surface area contributed by atoms with Gasteiger partial charge in [-0.15, -0.1) is 0 Å². The molecule has 1 aliphatic carbocycles. The summed E-state index contributed by atoms with van der Waals surface area (Å²) < 4.78 is 0.